The van der Waals surface area contributed by atoms with Crippen LogP contribution < -0.4 is 16.6 Å². The van der Waals surface area contributed by atoms with Gasteiger partial charge in [0.05, 0.1) is 18.4 Å². The molecule has 0 saturated carbocycles. The second kappa shape index (κ2) is 7.35. The summed E-state index contributed by atoms with van der Waals surface area (Å²) in [4.78, 5) is 13.9. The van der Waals surface area contributed by atoms with Gasteiger partial charge >= 0.3 is 0 Å². The topological polar surface area (TPSA) is 76.2 Å². The van der Waals surface area contributed by atoms with E-state index >= 15 is 0 Å². The Bertz CT molecular complexity index is 432. The van der Waals surface area contributed by atoms with Crippen molar-refractivity contribution in [2.75, 3.05) is 39.0 Å². The van der Waals surface area contributed by atoms with Crippen molar-refractivity contribution in [1.82, 2.24) is 14.7 Å². The molecule has 0 unspecified atom stereocenters. The van der Waals surface area contributed by atoms with Crippen molar-refractivity contribution < 1.29 is 0 Å². The number of nitrogens with one attached hydrogen (secondary N) is 1. The van der Waals surface area contributed by atoms with E-state index < -0.39 is 0 Å². The second-order valence-corrected chi connectivity index (χ2v) is 4.65. The molecule has 0 aliphatic heterocycles. The zero-order valence-corrected chi connectivity index (χ0v) is 11.6. The monoisotopic (exact) mass is 273 g/mol. The van der Waals surface area contributed by atoms with Crippen LogP contribution in [-0.2, 0) is 6.54 Å². The molecule has 18 heavy (non-hydrogen) atoms. The lowest BCUT2D eigenvalue weighted by atomic mass is 10.4. The van der Waals surface area contributed by atoms with Crippen LogP contribution in [0.5, 0.6) is 0 Å². The molecule has 0 radical (unpaired) electrons. The zero-order chi connectivity index (χ0) is 13.5. The number of halogens is 1. The molecule has 1 aromatic rings. The summed E-state index contributed by atoms with van der Waals surface area (Å²) in [5.74, 6) is 0. The van der Waals surface area contributed by atoms with Crippen molar-refractivity contribution in [3.05, 3.63) is 21.6 Å². The maximum Gasteiger partial charge on any atom is 0.287 e. The van der Waals surface area contributed by atoms with Gasteiger partial charge in [-0.3, -0.25) is 4.79 Å². The lowest BCUT2D eigenvalue weighted by molar-refractivity contribution is 0.367. The average Bonchev–Trinajstić information content (AvgIpc) is 2.33. The van der Waals surface area contributed by atoms with E-state index in [0.717, 1.165) is 13.0 Å². The smallest absolute Gasteiger partial charge is 0.287 e. The fourth-order valence-electron chi connectivity index (χ4n) is 1.37. The van der Waals surface area contributed by atoms with Crippen molar-refractivity contribution >= 4 is 17.3 Å². The maximum atomic E-state index is 11.9. The molecule has 0 aromatic carbocycles. The summed E-state index contributed by atoms with van der Waals surface area (Å²) < 4.78 is 1.37. The Morgan fingerprint density at radius 2 is 2.28 bits per heavy atom. The molecule has 0 fully saturated rings. The summed E-state index contributed by atoms with van der Waals surface area (Å²) in [5.41, 5.74) is 5.69. The largest absolute Gasteiger partial charge is 0.382 e. The van der Waals surface area contributed by atoms with Crippen LogP contribution in [0.25, 0.3) is 0 Å². The lowest BCUT2D eigenvalue weighted by Gasteiger charge is -2.12. The highest BCUT2D eigenvalue weighted by Crippen LogP contribution is 2.14. The van der Waals surface area contributed by atoms with E-state index in [9.17, 15) is 4.79 Å². The quantitative estimate of drug-likeness (QED) is 0.695. The van der Waals surface area contributed by atoms with Crippen LogP contribution in [0.3, 0.4) is 0 Å². The Labute approximate surface area is 112 Å². The van der Waals surface area contributed by atoms with Gasteiger partial charge in [0.25, 0.3) is 5.56 Å². The van der Waals surface area contributed by atoms with E-state index in [1.165, 1.54) is 4.68 Å². The minimum absolute atomic E-state index is 0.181. The summed E-state index contributed by atoms with van der Waals surface area (Å²) in [5, 5.41) is 7.32. The molecule has 1 rings (SSSR count). The Balaban J connectivity index is 2.75. The summed E-state index contributed by atoms with van der Waals surface area (Å²) >= 11 is 6.01. The molecule has 102 valence electrons. The van der Waals surface area contributed by atoms with E-state index in [-0.39, 0.29) is 10.6 Å². The molecule has 1 aromatic heterocycles. The Morgan fingerprint density at radius 3 is 2.89 bits per heavy atom. The summed E-state index contributed by atoms with van der Waals surface area (Å²) in [6, 6.07) is 0. The minimum atomic E-state index is -0.267. The van der Waals surface area contributed by atoms with E-state index in [2.05, 4.69) is 10.4 Å². The number of likely N-dealkylation sites (N-methyl/N-ethyl adjacent to an activating group) is 1. The van der Waals surface area contributed by atoms with Gasteiger partial charge in [0.15, 0.2) is 0 Å². The van der Waals surface area contributed by atoms with Crippen molar-refractivity contribution in [1.29, 1.82) is 0 Å². The van der Waals surface area contributed by atoms with E-state index in [0.29, 0.717) is 25.3 Å². The first-order valence-corrected chi connectivity index (χ1v) is 6.28. The van der Waals surface area contributed by atoms with Gasteiger partial charge in [-0.2, -0.15) is 5.10 Å². The van der Waals surface area contributed by atoms with Gasteiger partial charge in [-0.1, -0.05) is 11.6 Å². The van der Waals surface area contributed by atoms with Crippen LogP contribution in [0.2, 0.25) is 5.02 Å². The van der Waals surface area contributed by atoms with Gasteiger partial charge in [0, 0.05) is 13.1 Å². The van der Waals surface area contributed by atoms with Crippen LogP contribution in [-0.4, -0.2) is 48.4 Å². The maximum absolute atomic E-state index is 11.9. The van der Waals surface area contributed by atoms with E-state index in [1.807, 2.05) is 19.0 Å². The number of aromatic nitrogens is 2. The predicted octanol–water partition coefficient (Wildman–Crippen LogP) is 0.219. The SMILES string of the molecule is CN(C)CCn1ncc(NCCCN)c(Cl)c1=O. The molecule has 1 heterocycles. The minimum Gasteiger partial charge on any atom is -0.382 e. The molecule has 3 N–H and O–H groups in total. The normalized spacial score (nSPS) is 10.9. The van der Waals surface area contributed by atoms with Gasteiger partial charge in [0.1, 0.15) is 5.02 Å². The van der Waals surface area contributed by atoms with Gasteiger partial charge in [-0.05, 0) is 27.1 Å². The van der Waals surface area contributed by atoms with E-state index in [4.69, 9.17) is 17.3 Å². The highest BCUT2D eigenvalue weighted by Gasteiger charge is 2.08. The summed E-state index contributed by atoms with van der Waals surface area (Å²) in [7, 11) is 3.88. The van der Waals surface area contributed by atoms with E-state index in [1.54, 1.807) is 6.20 Å². The first kappa shape index (κ1) is 14.9. The molecule has 0 spiro atoms. The van der Waals surface area contributed by atoms with Gasteiger partial charge < -0.3 is 16.0 Å². The number of nitrogens with two attached hydrogens (primary N) is 1. The third kappa shape index (κ3) is 4.29. The Hall–Kier alpha value is -1.11. The molecule has 0 aliphatic carbocycles. The van der Waals surface area contributed by atoms with Gasteiger partial charge in [0.2, 0.25) is 0 Å². The summed E-state index contributed by atoms with van der Waals surface area (Å²) in [6.45, 7) is 2.54. The molecule has 0 amide bonds. The molecule has 0 bridgehead atoms. The van der Waals surface area contributed by atoms with Crippen LogP contribution in [0.4, 0.5) is 5.69 Å². The van der Waals surface area contributed by atoms with Crippen LogP contribution >= 0.6 is 11.6 Å². The van der Waals surface area contributed by atoms with Crippen molar-refractivity contribution in [3.8, 4) is 0 Å². The van der Waals surface area contributed by atoms with Crippen LogP contribution in [0.15, 0.2) is 11.0 Å². The first-order chi connectivity index (χ1) is 8.56. The molecule has 0 aliphatic rings. The van der Waals surface area contributed by atoms with Crippen LogP contribution in [0.1, 0.15) is 6.42 Å². The van der Waals surface area contributed by atoms with Gasteiger partial charge in [-0.15, -0.1) is 0 Å². The molecule has 0 atom stereocenters. The number of rotatable bonds is 7. The fraction of sp³-hybridized carbons (Fsp3) is 0.636. The van der Waals surface area contributed by atoms with Crippen molar-refractivity contribution in [2.45, 2.75) is 13.0 Å². The van der Waals surface area contributed by atoms with Gasteiger partial charge in [-0.25, -0.2) is 4.68 Å². The fourth-order valence-corrected chi connectivity index (χ4v) is 1.58. The number of nitrogens with zero attached hydrogens (tertiary/aromatic N) is 3. The number of hydrogen-bond acceptors (Lipinski definition) is 5. The Morgan fingerprint density at radius 1 is 1.56 bits per heavy atom. The zero-order valence-electron chi connectivity index (χ0n) is 10.8. The Kier molecular flexibility index (Phi) is 6.11. The third-order valence-electron chi connectivity index (χ3n) is 2.44. The number of anilines is 1. The highest BCUT2D eigenvalue weighted by atomic mass is 35.5. The van der Waals surface area contributed by atoms with Crippen LogP contribution in [0, 0.1) is 0 Å². The van der Waals surface area contributed by atoms with Crippen molar-refractivity contribution in [2.24, 2.45) is 5.73 Å². The molecule has 7 heteroatoms. The highest BCUT2D eigenvalue weighted by molar-refractivity contribution is 6.32. The molecular formula is C11H20ClN5O. The molecule has 0 saturated heterocycles. The molecule has 6 nitrogen and oxygen atoms in total. The third-order valence-corrected chi connectivity index (χ3v) is 2.81. The predicted molar refractivity (Wildman–Crippen MR) is 74.2 cm³/mol. The standard InChI is InChI=1S/C11H20ClN5O/c1-16(2)6-7-17-11(18)10(12)9(8-15-17)14-5-3-4-13/h8,14H,3-7,13H2,1-2H3. The lowest BCUT2D eigenvalue weighted by Crippen LogP contribution is -2.29. The molecular weight excluding hydrogens is 254 g/mol. The first-order valence-electron chi connectivity index (χ1n) is 5.90. The average molecular weight is 274 g/mol. The second-order valence-electron chi connectivity index (χ2n) is 4.27. The number of hydrogen-bond donors (Lipinski definition) is 2. The summed E-state index contributed by atoms with van der Waals surface area (Å²) in [6.07, 6.45) is 2.40. The van der Waals surface area contributed by atoms with Crippen molar-refractivity contribution in [3.63, 3.8) is 0 Å².